The van der Waals surface area contributed by atoms with Crippen molar-refractivity contribution in [2.45, 2.75) is 38.6 Å². The smallest absolute Gasteiger partial charge is 0.254 e. The summed E-state index contributed by atoms with van der Waals surface area (Å²) in [4.78, 5) is 14.6. The summed E-state index contributed by atoms with van der Waals surface area (Å²) in [5.41, 5.74) is 0.288. The van der Waals surface area contributed by atoms with Gasteiger partial charge in [-0.05, 0) is 31.0 Å². The van der Waals surface area contributed by atoms with Gasteiger partial charge in [-0.15, -0.1) is 10.2 Å². The molecule has 3 rings (SSSR count). The number of likely N-dealkylation sites (tertiary alicyclic amines) is 1. The monoisotopic (exact) mass is 333 g/mol. The van der Waals surface area contributed by atoms with Gasteiger partial charge >= 0.3 is 0 Å². The Morgan fingerprint density at radius 3 is 2.83 bits per heavy atom. The number of amides is 1. The Hall–Kier alpha value is -2.44. The maximum absolute atomic E-state index is 13.9. The number of rotatable bonds is 3. The van der Waals surface area contributed by atoms with Gasteiger partial charge < -0.3 is 14.1 Å². The zero-order valence-electron chi connectivity index (χ0n) is 13.8. The molecule has 0 N–H and O–H groups in total. The SMILES string of the molecule is COc1ccc(C(=O)N2CCCCCC2c2nnc(C)o2)cc1F. The fraction of sp³-hybridized carbons (Fsp3) is 0.471. The molecule has 2 heterocycles. The van der Waals surface area contributed by atoms with E-state index in [9.17, 15) is 9.18 Å². The Kier molecular flexibility index (Phi) is 4.78. The van der Waals surface area contributed by atoms with Gasteiger partial charge in [-0.25, -0.2) is 4.39 Å². The topological polar surface area (TPSA) is 68.5 Å². The van der Waals surface area contributed by atoms with Gasteiger partial charge in [-0.3, -0.25) is 4.79 Å². The first-order valence-electron chi connectivity index (χ1n) is 8.04. The highest BCUT2D eigenvalue weighted by atomic mass is 19.1. The maximum Gasteiger partial charge on any atom is 0.254 e. The predicted octanol–water partition coefficient (Wildman–Crippen LogP) is 3.28. The summed E-state index contributed by atoms with van der Waals surface area (Å²) in [6.07, 6.45) is 3.66. The number of benzene rings is 1. The van der Waals surface area contributed by atoms with Crippen LogP contribution in [0.1, 0.15) is 53.9 Å². The van der Waals surface area contributed by atoms with Crippen molar-refractivity contribution in [1.82, 2.24) is 15.1 Å². The van der Waals surface area contributed by atoms with Crippen LogP contribution in [0.3, 0.4) is 0 Å². The second-order valence-electron chi connectivity index (χ2n) is 5.87. The number of methoxy groups -OCH3 is 1. The van der Waals surface area contributed by atoms with E-state index in [2.05, 4.69) is 10.2 Å². The molecule has 1 unspecified atom stereocenters. The quantitative estimate of drug-likeness (QED) is 0.862. The molecule has 1 amide bonds. The third-order valence-corrected chi connectivity index (χ3v) is 4.24. The van der Waals surface area contributed by atoms with E-state index in [0.717, 1.165) is 25.7 Å². The van der Waals surface area contributed by atoms with Crippen LogP contribution in [0.4, 0.5) is 4.39 Å². The molecule has 0 radical (unpaired) electrons. The van der Waals surface area contributed by atoms with Gasteiger partial charge in [0.05, 0.1) is 7.11 Å². The van der Waals surface area contributed by atoms with Crippen molar-refractivity contribution in [2.75, 3.05) is 13.7 Å². The molecule has 0 aliphatic carbocycles. The van der Waals surface area contributed by atoms with E-state index >= 15 is 0 Å². The summed E-state index contributed by atoms with van der Waals surface area (Å²) in [5.74, 6) is 0.239. The van der Waals surface area contributed by atoms with Crippen LogP contribution in [0.25, 0.3) is 0 Å². The number of carbonyl (C=O) groups is 1. The number of aromatic nitrogens is 2. The zero-order valence-corrected chi connectivity index (χ0v) is 13.8. The lowest BCUT2D eigenvalue weighted by molar-refractivity contribution is 0.0650. The standard InChI is InChI=1S/C17H20FN3O3/c1-11-19-20-16(24-11)14-6-4-3-5-9-21(14)17(22)12-7-8-15(23-2)13(18)10-12/h7-8,10,14H,3-6,9H2,1-2H3. The average molecular weight is 333 g/mol. The van der Waals surface area contributed by atoms with Crippen molar-refractivity contribution in [3.05, 3.63) is 41.4 Å². The largest absolute Gasteiger partial charge is 0.494 e. The number of carbonyl (C=O) groups excluding carboxylic acids is 1. The molecule has 1 aromatic heterocycles. The third-order valence-electron chi connectivity index (χ3n) is 4.24. The lowest BCUT2D eigenvalue weighted by Gasteiger charge is -2.27. The third kappa shape index (κ3) is 3.25. The van der Waals surface area contributed by atoms with Crippen LogP contribution >= 0.6 is 0 Å². The minimum atomic E-state index is -0.552. The number of halogens is 1. The summed E-state index contributed by atoms with van der Waals surface area (Å²) in [5, 5.41) is 7.94. The summed E-state index contributed by atoms with van der Waals surface area (Å²) in [6, 6.07) is 3.98. The minimum Gasteiger partial charge on any atom is -0.494 e. The molecule has 1 aliphatic heterocycles. The lowest BCUT2D eigenvalue weighted by atomic mass is 10.1. The molecular weight excluding hydrogens is 313 g/mol. The predicted molar refractivity (Wildman–Crippen MR) is 84.2 cm³/mol. The van der Waals surface area contributed by atoms with E-state index < -0.39 is 5.82 Å². The van der Waals surface area contributed by atoms with Crippen molar-refractivity contribution in [2.24, 2.45) is 0 Å². The van der Waals surface area contributed by atoms with Crippen molar-refractivity contribution in [3.8, 4) is 5.75 Å². The molecule has 6 nitrogen and oxygen atoms in total. The highest BCUT2D eigenvalue weighted by Crippen LogP contribution is 2.31. The fourth-order valence-electron chi connectivity index (χ4n) is 3.02. The van der Waals surface area contributed by atoms with Crippen LogP contribution in [-0.2, 0) is 0 Å². The van der Waals surface area contributed by atoms with Gasteiger partial charge in [0.2, 0.25) is 11.8 Å². The molecule has 0 saturated carbocycles. The lowest BCUT2D eigenvalue weighted by Crippen LogP contribution is -2.35. The normalized spacial score (nSPS) is 18.3. The van der Waals surface area contributed by atoms with Crippen LogP contribution in [-0.4, -0.2) is 34.7 Å². The van der Waals surface area contributed by atoms with E-state index in [0.29, 0.717) is 18.3 Å². The molecule has 1 atom stereocenters. The Labute approximate surface area is 139 Å². The molecule has 1 aliphatic rings. The highest BCUT2D eigenvalue weighted by Gasteiger charge is 2.31. The Bertz CT molecular complexity index is 732. The number of nitrogens with zero attached hydrogens (tertiary/aromatic N) is 3. The summed E-state index contributed by atoms with van der Waals surface area (Å²) >= 11 is 0. The molecule has 24 heavy (non-hydrogen) atoms. The van der Waals surface area contributed by atoms with E-state index in [1.165, 1.54) is 19.2 Å². The minimum absolute atomic E-state index is 0.117. The number of ether oxygens (including phenoxy) is 1. The molecule has 1 aromatic carbocycles. The summed E-state index contributed by atoms with van der Waals surface area (Å²) in [7, 11) is 1.39. The van der Waals surface area contributed by atoms with Crippen molar-refractivity contribution in [1.29, 1.82) is 0 Å². The van der Waals surface area contributed by atoms with Crippen LogP contribution in [0.2, 0.25) is 0 Å². The van der Waals surface area contributed by atoms with E-state index in [1.807, 2.05) is 0 Å². The summed E-state index contributed by atoms with van der Waals surface area (Å²) in [6.45, 7) is 2.30. The first-order chi connectivity index (χ1) is 11.6. The highest BCUT2D eigenvalue weighted by molar-refractivity contribution is 5.94. The number of aryl methyl sites for hydroxylation is 1. The molecule has 1 fully saturated rings. The fourth-order valence-corrected chi connectivity index (χ4v) is 3.02. The van der Waals surface area contributed by atoms with Gasteiger partial charge in [0.15, 0.2) is 11.6 Å². The molecule has 1 saturated heterocycles. The van der Waals surface area contributed by atoms with E-state index in [4.69, 9.17) is 9.15 Å². The van der Waals surface area contributed by atoms with Gasteiger partial charge in [0, 0.05) is 19.0 Å². The average Bonchev–Trinajstić information content (AvgIpc) is 2.86. The van der Waals surface area contributed by atoms with Gasteiger partial charge in [-0.2, -0.15) is 0 Å². The van der Waals surface area contributed by atoms with Gasteiger partial charge in [0.1, 0.15) is 6.04 Å². The molecule has 128 valence electrons. The molecule has 2 aromatic rings. The molecule has 7 heteroatoms. The first kappa shape index (κ1) is 16.4. The molecule has 0 bridgehead atoms. The zero-order chi connectivity index (χ0) is 17.1. The van der Waals surface area contributed by atoms with Crippen LogP contribution in [0.5, 0.6) is 5.75 Å². The Balaban J connectivity index is 1.91. The van der Waals surface area contributed by atoms with Crippen LogP contribution in [0.15, 0.2) is 22.6 Å². The second-order valence-corrected chi connectivity index (χ2v) is 5.87. The second kappa shape index (κ2) is 6.98. The van der Waals surface area contributed by atoms with Crippen LogP contribution < -0.4 is 4.74 Å². The maximum atomic E-state index is 13.9. The Morgan fingerprint density at radius 1 is 1.33 bits per heavy atom. The first-order valence-corrected chi connectivity index (χ1v) is 8.04. The van der Waals surface area contributed by atoms with Crippen LogP contribution in [0, 0.1) is 12.7 Å². The molecular formula is C17H20FN3O3. The van der Waals surface area contributed by atoms with Crippen molar-refractivity contribution in [3.63, 3.8) is 0 Å². The van der Waals surface area contributed by atoms with Crippen molar-refractivity contribution < 1.29 is 18.3 Å². The van der Waals surface area contributed by atoms with Gasteiger partial charge in [0.25, 0.3) is 5.91 Å². The summed E-state index contributed by atoms with van der Waals surface area (Å²) < 4.78 is 24.4. The number of hydrogen-bond donors (Lipinski definition) is 0. The Morgan fingerprint density at radius 2 is 2.17 bits per heavy atom. The van der Waals surface area contributed by atoms with Crippen molar-refractivity contribution >= 4 is 5.91 Å². The van der Waals surface area contributed by atoms with E-state index in [-0.39, 0.29) is 23.3 Å². The van der Waals surface area contributed by atoms with E-state index in [1.54, 1.807) is 17.9 Å². The molecule has 0 spiro atoms. The number of hydrogen-bond acceptors (Lipinski definition) is 5. The van der Waals surface area contributed by atoms with Gasteiger partial charge in [-0.1, -0.05) is 12.8 Å².